The van der Waals surface area contributed by atoms with Crippen LogP contribution in [0, 0.1) is 11.3 Å². The Balaban J connectivity index is 2.74. The third-order valence-electron chi connectivity index (χ3n) is 2.68. The van der Waals surface area contributed by atoms with Gasteiger partial charge in [-0.3, -0.25) is 0 Å². The molecule has 0 aliphatic heterocycles. The van der Waals surface area contributed by atoms with E-state index in [2.05, 4.69) is 11.1 Å². The van der Waals surface area contributed by atoms with Crippen molar-refractivity contribution in [2.45, 2.75) is 19.4 Å². The predicted octanol–water partition coefficient (Wildman–Crippen LogP) is 1.47. The van der Waals surface area contributed by atoms with Crippen LogP contribution in [0.15, 0.2) is 18.3 Å². The molecule has 0 radical (unpaired) electrons. The highest BCUT2D eigenvalue weighted by molar-refractivity contribution is 5.39. The van der Waals surface area contributed by atoms with Crippen LogP contribution in [0.25, 0.3) is 0 Å². The number of anilines is 1. The molecule has 1 aromatic rings. The van der Waals surface area contributed by atoms with Gasteiger partial charge in [0, 0.05) is 32.4 Å². The number of nitriles is 1. The molecule has 98 valence electrons. The molecule has 0 unspecified atom stereocenters. The number of hydrogen-bond acceptors (Lipinski definition) is 5. The number of nitrogens with zero attached hydrogens (tertiary/aromatic N) is 3. The van der Waals surface area contributed by atoms with Gasteiger partial charge in [-0.15, -0.1) is 0 Å². The quantitative estimate of drug-likeness (QED) is 0.790. The summed E-state index contributed by atoms with van der Waals surface area (Å²) in [5.41, 5.74) is 6.79. The minimum absolute atomic E-state index is 0.0157. The third kappa shape index (κ3) is 4.32. The van der Waals surface area contributed by atoms with Crippen LogP contribution >= 0.6 is 0 Å². The van der Waals surface area contributed by atoms with E-state index in [-0.39, 0.29) is 6.04 Å². The van der Waals surface area contributed by atoms with E-state index in [4.69, 9.17) is 15.7 Å². The predicted molar refractivity (Wildman–Crippen MR) is 71.2 cm³/mol. The zero-order valence-corrected chi connectivity index (χ0v) is 11.0. The molecule has 2 N–H and O–H groups in total. The Hall–Kier alpha value is -1.64. The van der Waals surface area contributed by atoms with E-state index < -0.39 is 0 Å². The average Bonchev–Trinajstić information content (AvgIpc) is 2.39. The fourth-order valence-corrected chi connectivity index (χ4v) is 1.58. The van der Waals surface area contributed by atoms with Crippen molar-refractivity contribution in [1.82, 2.24) is 4.98 Å². The van der Waals surface area contributed by atoms with Crippen molar-refractivity contribution in [2.24, 2.45) is 5.73 Å². The molecule has 0 spiro atoms. The highest BCUT2D eigenvalue weighted by atomic mass is 16.5. The van der Waals surface area contributed by atoms with Gasteiger partial charge in [0.15, 0.2) is 0 Å². The molecule has 0 bridgehead atoms. The van der Waals surface area contributed by atoms with E-state index in [0.29, 0.717) is 19.6 Å². The largest absolute Gasteiger partial charge is 0.383 e. The van der Waals surface area contributed by atoms with Crippen LogP contribution < -0.4 is 10.6 Å². The number of hydrogen-bond donors (Lipinski definition) is 1. The van der Waals surface area contributed by atoms with Crippen LogP contribution in [0.1, 0.15) is 24.9 Å². The Morgan fingerprint density at radius 3 is 2.78 bits per heavy atom. The Kier molecular flexibility index (Phi) is 6.12. The fourth-order valence-electron chi connectivity index (χ4n) is 1.58. The van der Waals surface area contributed by atoms with Crippen molar-refractivity contribution in [3.8, 4) is 6.07 Å². The van der Waals surface area contributed by atoms with Crippen LogP contribution in [0.4, 0.5) is 5.82 Å². The lowest BCUT2D eigenvalue weighted by Crippen LogP contribution is -2.29. The molecule has 5 nitrogen and oxygen atoms in total. The number of aromatic nitrogens is 1. The van der Waals surface area contributed by atoms with Crippen molar-refractivity contribution in [3.63, 3.8) is 0 Å². The SMILES string of the molecule is COCCN(CCC#N)c1ccc([C@H](C)N)cn1. The van der Waals surface area contributed by atoms with Crippen LogP contribution in [-0.4, -0.2) is 31.8 Å². The zero-order valence-electron chi connectivity index (χ0n) is 11.0. The molecule has 18 heavy (non-hydrogen) atoms. The highest BCUT2D eigenvalue weighted by Gasteiger charge is 2.08. The van der Waals surface area contributed by atoms with Gasteiger partial charge in [0.25, 0.3) is 0 Å². The lowest BCUT2D eigenvalue weighted by atomic mass is 10.1. The van der Waals surface area contributed by atoms with Gasteiger partial charge < -0.3 is 15.4 Å². The van der Waals surface area contributed by atoms with Crippen molar-refractivity contribution >= 4 is 5.82 Å². The maximum absolute atomic E-state index is 8.66. The third-order valence-corrected chi connectivity index (χ3v) is 2.68. The molecule has 0 aliphatic rings. The summed E-state index contributed by atoms with van der Waals surface area (Å²) >= 11 is 0. The topological polar surface area (TPSA) is 75.2 Å². The van der Waals surface area contributed by atoms with E-state index in [1.54, 1.807) is 13.3 Å². The fraction of sp³-hybridized carbons (Fsp3) is 0.538. The molecule has 1 aromatic heterocycles. The van der Waals surface area contributed by atoms with E-state index in [9.17, 15) is 0 Å². The summed E-state index contributed by atoms with van der Waals surface area (Å²) < 4.78 is 5.06. The second-order valence-corrected chi connectivity index (χ2v) is 4.13. The van der Waals surface area contributed by atoms with Gasteiger partial charge in [0.2, 0.25) is 0 Å². The molecular weight excluding hydrogens is 228 g/mol. The van der Waals surface area contributed by atoms with Gasteiger partial charge in [-0.1, -0.05) is 6.07 Å². The average molecular weight is 248 g/mol. The Morgan fingerprint density at radius 2 is 2.28 bits per heavy atom. The Morgan fingerprint density at radius 1 is 1.50 bits per heavy atom. The maximum atomic E-state index is 8.66. The van der Waals surface area contributed by atoms with Gasteiger partial charge in [0.05, 0.1) is 19.1 Å². The normalized spacial score (nSPS) is 11.9. The summed E-state index contributed by atoms with van der Waals surface area (Å²) in [6, 6.07) is 6.04. The Labute approximate surface area is 108 Å². The minimum Gasteiger partial charge on any atom is -0.383 e. The molecule has 5 heteroatoms. The second kappa shape index (κ2) is 7.64. The second-order valence-electron chi connectivity index (χ2n) is 4.13. The van der Waals surface area contributed by atoms with E-state index >= 15 is 0 Å². The molecule has 1 heterocycles. The monoisotopic (exact) mass is 248 g/mol. The smallest absolute Gasteiger partial charge is 0.128 e. The lowest BCUT2D eigenvalue weighted by Gasteiger charge is -2.22. The Bertz CT molecular complexity index is 383. The first-order valence-corrected chi connectivity index (χ1v) is 6.01. The highest BCUT2D eigenvalue weighted by Crippen LogP contribution is 2.14. The molecule has 0 saturated heterocycles. The van der Waals surface area contributed by atoms with Gasteiger partial charge >= 0.3 is 0 Å². The molecule has 0 aromatic carbocycles. The summed E-state index contributed by atoms with van der Waals surface area (Å²) in [4.78, 5) is 6.43. The van der Waals surface area contributed by atoms with Gasteiger partial charge in [-0.25, -0.2) is 4.98 Å². The molecule has 0 aliphatic carbocycles. The van der Waals surface area contributed by atoms with Gasteiger partial charge in [0.1, 0.15) is 5.82 Å². The van der Waals surface area contributed by atoms with E-state index in [1.807, 2.05) is 24.0 Å². The lowest BCUT2D eigenvalue weighted by molar-refractivity contribution is 0.205. The first-order chi connectivity index (χ1) is 8.69. The van der Waals surface area contributed by atoms with Crippen LogP contribution in [0.2, 0.25) is 0 Å². The number of nitrogens with two attached hydrogens (primary N) is 1. The van der Waals surface area contributed by atoms with Crippen molar-refractivity contribution in [1.29, 1.82) is 5.26 Å². The molecule has 0 saturated carbocycles. The summed E-state index contributed by atoms with van der Waals surface area (Å²) in [5, 5.41) is 8.66. The maximum Gasteiger partial charge on any atom is 0.128 e. The van der Waals surface area contributed by atoms with E-state index in [1.165, 1.54) is 0 Å². The van der Waals surface area contributed by atoms with Crippen molar-refractivity contribution in [2.75, 3.05) is 31.7 Å². The van der Waals surface area contributed by atoms with Crippen LogP contribution in [0.5, 0.6) is 0 Å². The number of rotatable bonds is 7. The van der Waals surface area contributed by atoms with Crippen LogP contribution in [0.3, 0.4) is 0 Å². The molecule has 1 atom stereocenters. The summed E-state index contributed by atoms with van der Waals surface area (Å²) in [6.45, 7) is 3.92. The molecule has 1 rings (SSSR count). The van der Waals surface area contributed by atoms with Crippen LogP contribution in [-0.2, 0) is 4.74 Å². The van der Waals surface area contributed by atoms with Crippen molar-refractivity contribution in [3.05, 3.63) is 23.9 Å². The number of ether oxygens (including phenoxy) is 1. The molecule has 0 amide bonds. The van der Waals surface area contributed by atoms with E-state index in [0.717, 1.165) is 17.9 Å². The molecule has 0 fully saturated rings. The minimum atomic E-state index is -0.0157. The summed E-state index contributed by atoms with van der Waals surface area (Å²) in [5.74, 6) is 0.853. The summed E-state index contributed by atoms with van der Waals surface area (Å²) in [7, 11) is 1.66. The first-order valence-electron chi connectivity index (χ1n) is 6.01. The first kappa shape index (κ1) is 14.4. The standard InChI is InChI=1S/C13H20N4O/c1-11(15)12-4-5-13(16-10-12)17(7-3-6-14)8-9-18-2/h4-5,10-11H,3,7-9,15H2,1-2H3/t11-/m0/s1. The number of methoxy groups -OCH3 is 1. The molecular formula is C13H20N4O. The summed E-state index contributed by atoms with van der Waals surface area (Å²) in [6.07, 6.45) is 2.26. The zero-order chi connectivity index (χ0) is 13.4. The van der Waals surface area contributed by atoms with Crippen molar-refractivity contribution < 1.29 is 4.74 Å². The van der Waals surface area contributed by atoms with Gasteiger partial charge in [-0.2, -0.15) is 5.26 Å². The number of pyridine rings is 1. The van der Waals surface area contributed by atoms with Gasteiger partial charge in [-0.05, 0) is 18.6 Å².